The molecule has 0 aromatic rings. The van der Waals surface area contributed by atoms with Gasteiger partial charge in [0.25, 0.3) is 0 Å². The van der Waals surface area contributed by atoms with Gasteiger partial charge >= 0.3 is 0 Å². The molecular formula is C22H36O. The summed E-state index contributed by atoms with van der Waals surface area (Å²) in [6, 6.07) is 0. The van der Waals surface area contributed by atoms with Crippen LogP contribution in [0.3, 0.4) is 0 Å². The fraction of sp³-hybridized carbons (Fsp3) is 0.773. The maximum Gasteiger partial charge on any atom is 0.135 e. The van der Waals surface area contributed by atoms with Crippen molar-refractivity contribution in [1.82, 2.24) is 0 Å². The van der Waals surface area contributed by atoms with Gasteiger partial charge in [0.05, 0.1) is 0 Å². The predicted octanol–water partition coefficient (Wildman–Crippen LogP) is 6.06. The fourth-order valence-electron chi connectivity index (χ4n) is 5.01. The monoisotopic (exact) mass is 316 g/mol. The van der Waals surface area contributed by atoms with Crippen LogP contribution in [0.2, 0.25) is 0 Å². The minimum Gasteiger partial charge on any atom is -0.299 e. The minimum atomic E-state index is 0.212. The molecule has 1 heteroatoms. The summed E-state index contributed by atoms with van der Waals surface area (Å²) in [6.45, 7) is 16.0. The number of hydrogen-bond donors (Lipinski definition) is 0. The van der Waals surface area contributed by atoms with Crippen LogP contribution in [0, 0.1) is 40.9 Å². The highest BCUT2D eigenvalue weighted by Gasteiger charge is 2.44. The van der Waals surface area contributed by atoms with Crippen LogP contribution < -0.4 is 0 Å². The van der Waals surface area contributed by atoms with Crippen molar-refractivity contribution >= 4 is 5.78 Å². The van der Waals surface area contributed by atoms with Crippen molar-refractivity contribution in [3.63, 3.8) is 0 Å². The number of Topliss-reactive ketones (excluding diaryl/α,β-unsaturated/α-hetero) is 1. The molecule has 0 spiro atoms. The molecular weight excluding hydrogens is 280 g/mol. The highest BCUT2D eigenvalue weighted by Crippen LogP contribution is 2.52. The lowest BCUT2D eigenvalue weighted by molar-refractivity contribution is -0.124. The first-order valence-corrected chi connectivity index (χ1v) is 9.57. The van der Waals surface area contributed by atoms with Gasteiger partial charge in [0, 0.05) is 12.3 Å². The van der Waals surface area contributed by atoms with Crippen molar-refractivity contribution in [2.45, 2.75) is 67.7 Å². The number of ketones is 1. The van der Waals surface area contributed by atoms with E-state index in [9.17, 15) is 4.79 Å². The summed E-state index contributed by atoms with van der Waals surface area (Å²) in [6.07, 6.45) is 10.1. The summed E-state index contributed by atoms with van der Waals surface area (Å²) in [5.41, 5.74) is 1.77. The Morgan fingerprint density at radius 2 is 1.96 bits per heavy atom. The Kier molecular flexibility index (Phi) is 5.59. The van der Waals surface area contributed by atoms with E-state index in [1.807, 2.05) is 0 Å². The third-order valence-corrected chi connectivity index (χ3v) is 6.22. The Balaban J connectivity index is 2.34. The second-order valence-electron chi connectivity index (χ2n) is 9.26. The maximum atomic E-state index is 12.6. The van der Waals surface area contributed by atoms with Crippen molar-refractivity contribution in [3.05, 3.63) is 23.8 Å². The first-order valence-electron chi connectivity index (χ1n) is 9.57. The van der Waals surface area contributed by atoms with Gasteiger partial charge in [-0.25, -0.2) is 0 Å². The highest BCUT2D eigenvalue weighted by molar-refractivity contribution is 5.81. The molecule has 2 aliphatic rings. The summed E-state index contributed by atoms with van der Waals surface area (Å²) in [5, 5.41) is 0. The zero-order valence-electron chi connectivity index (χ0n) is 16.2. The van der Waals surface area contributed by atoms with Crippen LogP contribution in [0.4, 0.5) is 0 Å². The first-order chi connectivity index (χ1) is 10.6. The van der Waals surface area contributed by atoms with Crippen LogP contribution >= 0.6 is 0 Å². The Hall–Kier alpha value is -0.850. The molecule has 0 heterocycles. The summed E-state index contributed by atoms with van der Waals surface area (Å²) in [4.78, 5) is 12.6. The van der Waals surface area contributed by atoms with Crippen LogP contribution in [-0.4, -0.2) is 5.78 Å². The van der Waals surface area contributed by atoms with E-state index in [-0.39, 0.29) is 11.3 Å². The topological polar surface area (TPSA) is 17.1 Å². The normalized spacial score (nSPS) is 35.4. The van der Waals surface area contributed by atoms with Crippen LogP contribution in [0.5, 0.6) is 0 Å². The number of fused-ring (bicyclic) bond motifs is 1. The summed E-state index contributed by atoms with van der Waals surface area (Å²) in [5.74, 6) is 3.56. The van der Waals surface area contributed by atoms with Gasteiger partial charge < -0.3 is 0 Å². The van der Waals surface area contributed by atoms with E-state index < -0.39 is 0 Å². The van der Waals surface area contributed by atoms with Crippen LogP contribution in [0.1, 0.15) is 67.7 Å². The van der Waals surface area contributed by atoms with Gasteiger partial charge in [-0.15, -0.1) is 0 Å². The molecule has 0 aliphatic heterocycles. The third-order valence-electron chi connectivity index (χ3n) is 6.22. The minimum absolute atomic E-state index is 0.212. The molecule has 1 nitrogen and oxygen atoms in total. The van der Waals surface area contributed by atoms with E-state index in [0.717, 1.165) is 12.8 Å². The van der Waals surface area contributed by atoms with Crippen LogP contribution in [0.25, 0.3) is 0 Å². The average Bonchev–Trinajstić information content (AvgIpc) is 2.45. The Morgan fingerprint density at radius 3 is 2.52 bits per heavy atom. The SMILES string of the molecule is CCC(C)C(=O)CC1CC(C)C=C2C=CC(C)C(C(C)(C)C)C21. The predicted molar refractivity (Wildman–Crippen MR) is 99.2 cm³/mol. The van der Waals surface area contributed by atoms with Crippen molar-refractivity contribution in [2.75, 3.05) is 0 Å². The van der Waals surface area contributed by atoms with Crippen molar-refractivity contribution < 1.29 is 4.79 Å². The molecule has 6 unspecified atom stereocenters. The lowest BCUT2D eigenvalue weighted by atomic mass is 9.55. The molecule has 0 aromatic carbocycles. The highest BCUT2D eigenvalue weighted by atomic mass is 16.1. The van der Waals surface area contributed by atoms with Crippen LogP contribution in [0.15, 0.2) is 23.8 Å². The molecule has 0 bridgehead atoms. The molecule has 2 aliphatic carbocycles. The lowest BCUT2D eigenvalue weighted by Gasteiger charge is -2.49. The molecule has 6 atom stereocenters. The number of rotatable bonds is 4. The zero-order chi connectivity index (χ0) is 17.4. The molecule has 2 rings (SSSR count). The van der Waals surface area contributed by atoms with E-state index in [1.165, 1.54) is 12.0 Å². The fourth-order valence-corrected chi connectivity index (χ4v) is 5.01. The van der Waals surface area contributed by atoms with Crippen molar-refractivity contribution in [2.24, 2.45) is 40.9 Å². The standard InChI is InChI=1S/C22H36O/c1-8-15(3)19(23)13-18-12-14(2)11-17-10-9-16(4)21(20(17)18)22(5,6)7/h9-11,14-16,18,20-21H,8,12-13H2,1-7H3. The third kappa shape index (κ3) is 3.98. The molecule has 0 saturated heterocycles. The molecule has 0 N–H and O–H groups in total. The van der Waals surface area contributed by atoms with E-state index in [1.54, 1.807) is 0 Å². The van der Waals surface area contributed by atoms with Gasteiger partial charge in [0.15, 0.2) is 0 Å². The van der Waals surface area contributed by atoms with E-state index in [4.69, 9.17) is 0 Å². The molecule has 0 fully saturated rings. The second kappa shape index (κ2) is 6.95. The zero-order valence-corrected chi connectivity index (χ0v) is 16.2. The molecule has 130 valence electrons. The number of carbonyl (C=O) groups is 1. The Bertz CT molecular complexity index is 491. The second-order valence-corrected chi connectivity index (χ2v) is 9.26. The largest absolute Gasteiger partial charge is 0.299 e. The van der Waals surface area contributed by atoms with Gasteiger partial charge in [0.2, 0.25) is 0 Å². The van der Waals surface area contributed by atoms with Gasteiger partial charge in [0.1, 0.15) is 5.78 Å². The molecule has 0 saturated carbocycles. The van der Waals surface area contributed by atoms with E-state index in [0.29, 0.717) is 35.4 Å². The number of allylic oxidation sites excluding steroid dienone is 4. The molecule has 0 aromatic heterocycles. The molecule has 0 amide bonds. The molecule has 0 radical (unpaired) electrons. The number of hydrogen-bond acceptors (Lipinski definition) is 1. The lowest BCUT2D eigenvalue weighted by Crippen LogP contribution is -2.42. The summed E-state index contributed by atoms with van der Waals surface area (Å²) >= 11 is 0. The smallest absolute Gasteiger partial charge is 0.135 e. The average molecular weight is 317 g/mol. The number of carbonyl (C=O) groups excluding carboxylic acids is 1. The summed E-state index contributed by atoms with van der Waals surface area (Å²) in [7, 11) is 0. The van der Waals surface area contributed by atoms with Gasteiger partial charge in [-0.2, -0.15) is 0 Å². The Labute approximate surface area is 143 Å². The van der Waals surface area contributed by atoms with Gasteiger partial charge in [-0.05, 0) is 53.4 Å². The van der Waals surface area contributed by atoms with Gasteiger partial charge in [-0.3, -0.25) is 4.79 Å². The van der Waals surface area contributed by atoms with Crippen molar-refractivity contribution in [1.29, 1.82) is 0 Å². The molecule has 23 heavy (non-hydrogen) atoms. The van der Waals surface area contributed by atoms with Crippen molar-refractivity contribution in [3.8, 4) is 0 Å². The quantitative estimate of drug-likeness (QED) is 0.616. The Morgan fingerprint density at radius 1 is 1.30 bits per heavy atom. The van der Waals surface area contributed by atoms with E-state index in [2.05, 4.69) is 66.7 Å². The van der Waals surface area contributed by atoms with E-state index >= 15 is 0 Å². The maximum absolute atomic E-state index is 12.6. The van der Waals surface area contributed by atoms with Crippen LogP contribution in [-0.2, 0) is 4.79 Å². The van der Waals surface area contributed by atoms with Gasteiger partial charge in [-0.1, -0.05) is 66.7 Å². The summed E-state index contributed by atoms with van der Waals surface area (Å²) < 4.78 is 0. The first kappa shape index (κ1) is 18.5.